The van der Waals surface area contributed by atoms with E-state index >= 15 is 0 Å². The third kappa shape index (κ3) is 5.02. The molecule has 0 aliphatic carbocycles. The number of carbonyl (C=O) groups excluding carboxylic acids is 1. The first-order valence-corrected chi connectivity index (χ1v) is 10.3. The first kappa shape index (κ1) is 21.0. The van der Waals surface area contributed by atoms with Gasteiger partial charge in [0, 0.05) is 31.6 Å². The SMILES string of the molecule is COCCNC(=O)[C@H](C)Sc1nnc(-c2ccncc2)n1-c1ccc(C)c(C)c1. The molecule has 2 aromatic heterocycles. The number of thioether (sulfide) groups is 1. The van der Waals surface area contributed by atoms with Crippen molar-refractivity contribution in [3.8, 4) is 17.1 Å². The van der Waals surface area contributed by atoms with Gasteiger partial charge in [0.1, 0.15) is 0 Å². The topological polar surface area (TPSA) is 81.9 Å². The van der Waals surface area contributed by atoms with Gasteiger partial charge in [0.2, 0.25) is 5.91 Å². The lowest BCUT2D eigenvalue weighted by Gasteiger charge is -2.15. The van der Waals surface area contributed by atoms with E-state index in [1.165, 1.54) is 22.9 Å². The molecule has 0 spiro atoms. The fraction of sp³-hybridized carbons (Fsp3) is 0.333. The predicted octanol–water partition coefficient (Wildman–Crippen LogP) is 3.19. The summed E-state index contributed by atoms with van der Waals surface area (Å²) in [7, 11) is 1.61. The zero-order valence-electron chi connectivity index (χ0n) is 17.0. The highest BCUT2D eigenvalue weighted by molar-refractivity contribution is 8.00. The summed E-state index contributed by atoms with van der Waals surface area (Å²) in [5.74, 6) is 0.650. The first-order valence-electron chi connectivity index (χ1n) is 9.38. The van der Waals surface area contributed by atoms with E-state index < -0.39 is 0 Å². The molecule has 0 bridgehead atoms. The molecule has 0 aliphatic rings. The van der Waals surface area contributed by atoms with Gasteiger partial charge in [-0.2, -0.15) is 0 Å². The summed E-state index contributed by atoms with van der Waals surface area (Å²) >= 11 is 1.38. The fourth-order valence-corrected chi connectivity index (χ4v) is 3.66. The standard InChI is InChI=1S/C21H25N5O2S/c1-14-5-6-18(13-15(14)2)26-19(17-7-9-22-10-8-17)24-25-21(26)29-16(3)20(27)23-11-12-28-4/h5-10,13,16H,11-12H2,1-4H3,(H,23,27)/t16-/m0/s1. The molecule has 3 rings (SSSR count). The Morgan fingerprint density at radius 2 is 1.93 bits per heavy atom. The molecule has 7 nitrogen and oxygen atoms in total. The predicted molar refractivity (Wildman–Crippen MR) is 114 cm³/mol. The number of nitrogens with one attached hydrogen (secondary N) is 1. The van der Waals surface area contributed by atoms with E-state index in [-0.39, 0.29) is 11.2 Å². The summed E-state index contributed by atoms with van der Waals surface area (Å²) in [6.45, 7) is 6.98. The third-order valence-corrected chi connectivity index (χ3v) is 5.62. The maximum atomic E-state index is 12.4. The molecule has 0 aliphatic heterocycles. The van der Waals surface area contributed by atoms with Gasteiger partial charge in [-0.1, -0.05) is 17.8 Å². The molecule has 8 heteroatoms. The number of aromatic nitrogens is 4. The van der Waals surface area contributed by atoms with E-state index in [1.54, 1.807) is 19.5 Å². The quantitative estimate of drug-likeness (QED) is 0.453. The molecule has 1 atom stereocenters. The Hall–Kier alpha value is -2.71. The van der Waals surface area contributed by atoms with Crippen LogP contribution in [0.5, 0.6) is 0 Å². The van der Waals surface area contributed by atoms with E-state index in [2.05, 4.69) is 46.5 Å². The van der Waals surface area contributed by atoms with Crippen molar-refractivity contribution in [2.45, 2.75) is 31.2 Å². The summed E-state index contributed by atoms with van der Waals surface area (Å²) in [6.07, 6.45) is 3.46. The van der Waals surface area contributed by atoms with E-state index in [0.29, 0.717) is 24.1 Å². The average Bonchev–Trinajstić information content (AvgIpc) is 3.14. The summed E-state index contributed by atoms with van der Waals surface area (Å²) < 4.78 is 6.98. The van der Waals surface area contributed by atoms with Crippen LogP contribution in [0, 0.1) is 13.8 Å². The lowest BCUT2D eigenvalue weighted by molar-refractivity contribution is -0.120. The Morgan fingerprint density at radius 1 is 1.17 bits per heavy atom. The number of amides is 1. The lowest BCUT2D eigenvalue weighted by Crippen LogP contribution is -2.33. The van der Waals surface area contributed by atoms with Crippen LogP contribution in [0.3, 0.4) is 0 Å². The van der Waals surface area contributed by atoms with Crippen LogP contribution in [0.4, 0.5) is 0 Å². The zero-order chi connectivity index (χ0) is 20.8. The van der Waals surface area contributed by atoms with Gasteiger partial charge in [-0.15, -0.1) is 10.2 Å². The molecule has 29 heavy (non-hydrogen) atoms. The Kier molecular flexibility index (Phi) is 7.00. The highest BCUT2D eigenvalue weighted by Gasteiger charge is 2.22. The van der Waals surface area contributed by atoms with Gasteiger partial charge >= 0.3 is 0 Å². The minimum atomic E-state index is -0.327. The molecule has 152 valence electrons. The second-order valence-corrected chi connectivity index (χ2v) is 8.00. The lowest BCUT2D eigenvalue weighted by atomic mass is 10.1. The minimum Gasteiger partial charge on any atom is -0.383 e. The number of nitrogens with zero attached hydrogens (tertiary/aromatic N) is 4. The van der Waals surface area contributed by atoms with Crippen LogP contribution in [0.25, 0.3) is 17.1 Å². The second-order valence-electron chi connectivity index (χ2n) is 6.69. The largest absolute Gasteiger partial charge is 0.383 e. The van der Waals surface area contributed by atoms with Crippen molar-refractivity contribution in [2.75, 3.05) is 20.3 Å². The number of rotatable bonds is 8. The molecule has 0 unspecified atom stereocenters. The van der Waals surface area contributed by atoms with E-state index in [9.17, 15) is 4.79 Å². The molecule has 0 fully saturated rings. The van der Waals surface area contributed by atoms with Crippen LogP contribution in [0.1, 0.15) is 18.1 Å². The molecule has 1 amide bonds. The van der Waals surface area contributed by atoms with Gasteiger partial charge in [-0.25, -0.2) is 0 Å². The molecule has 1 N–H and O–H groups in total. The molecule has 2 heterocycles. The normalized spacial score (nSPS) is 12.0. The number of hydrogen-bond donors (Lipinski definition) is 1. The summed E-state index contributed by atoms with van der Waals surface area (Å²) in [4.78, 5) is 16.5. The van der Waals surface area contributed by atoms with Crippen molar-refractivity contribution < 1.29 is 9.53 Å². The fourth-order valence-electron chi connectivity index (χ4n) is 2.76. The number of aryl methyl sites for hydroxylation is 2. The molecule has 1 aromatic carbocycles. The van der Waals surface area contributed by atoms with Crippen molar-refractivity contribution >= 4 is 17.7 Å². The van der Waals surface area contributed by atoms with Crippen LogP contribution in [-0.4, -0.2) is 51.2 Å². The van der Waals surface area contributed by atoms with Crippen LogP contribution in [0.15, 0.2) is 47.9 Å². The Balaban J connectivity index is 1.96. The van der Waals surface area contributed by atoms with Crippen molar-refractivity contribution in [2.24, 2.45) is 0 Å². The molecular formula is C21H25N5O2S. The van der Waals surface area contributed by atoms with Crippen LogP contribution in [0.2, 0.25) is 0 Å². The van der Waals surface area contributed by atoms with Gasteiger partial charge < -0.3 is 10.1 Å². The number of methoxy groups -OCH3 is 1. The Bertz CT molecular complexity index is 974. The Morgan fingerprint density at radius 3 is 2.62 bits per heavy atom. The number of benzene rings is 1. The molecule has 0 radical (unpaired) electrons. The monoisotopic (exact) mass is 411 g/mol. The zero-order valence-corrected chi connectivity index (χ0v) is 17.9. The maximum absolute atomic E-state index is 12.4. The van der Waals surface area contributed by atoms with E-state index in [1.807, 2.05) is 29.7 Å². The van der Waals surface area contributed by atoms with Gasteiger partial charge in [0.25, 0.3) is 0 Å². The van der Waals surface area contributed by atoms with Crippen molar-refractivity contribution in [3.63, 3.8) is 0 Å². The third-order valence-electron chi connectivity index (χ3n) is 4.58. The van der Waals surface area contributed by atoms with E-state index in [0.717, 1.165) is 11.3 Å². The van der Waals surface area contributed by atoms with Crippen LogP contribution < -0.4 is 5.32 Å². The maximum Gasteiger partial charge on any atom is 0.233 e. The highest BCUT2D eigenvalue weighted by Crippen LogP contribution is 2.30. The Labute approximate surface area is 174 Å². The summed E-state index contributed by atoms with van der Waals surface area (Å²) in [5.41, 5.74) is 4.26. The molecule has 0 saturated carbocycles. The smallest absolute Gasteiger partial charge is 0.233 e. The number of carbonyl (C=O) groups is 1. The molecule has 0 saturated heterocycles. The summed E-state index contributed by atoms with van der Waals surface area (Å²) in [6, 6.07) is 10.0. The summed E-state index contributed by atoms with van der Waals surface area (Å²) in [5, 5.41) is 12.0. The molecule has 3 aromatic rings. The van der Waals surface area contributed by atoms with Gasteiger partial charge in [0.05, 0.1) is 17.5 Å². The average molecular weight is 412 g/mol. The van der Waals surface area contributed by atoms with Crippen LogP contribution in [-0.2, 0) is 9.53 Å². The van der Waals surface area contributed by atoms with Crippen molar-refractivity contribution in [1.82, 2.24) is 25.1 Å². The van der Waals surface area contributed by atoms with Gasteiger partial charge in [-0.3, -0.25) is 14.3 Å². The van der Waals surface area contributed by atoms with Gasteiger partial charge in [-0.05, 0) is 56.2 Å². The van der Waals surface area contributed by atoms with Crippen LogP contribution >= 0.6 is 11.8 Å². The van der Waals surface area contributed by atoms with E-state index in [4.69, 9.17) is 4.74 Å². The molecular weight excluding hydrogens is 386 g/mol. The number of pyridine rings is 1. The van der Waals surface area contributed by atoms with Crippen molar-refractivity contribution in [3.05, 3.63) is 53.9 Å². The highest BCUT2D eigenvalue weighted by atomic mass is 32.2. The number of hydrogen-bond acceptors (Lipinski definition) is 6. The first-order chi connectivity index (χ1) is 14.0. The minimum absolute atomic E-state index is 0.0628. The second kappa shape index (κ2) is 9.67. The number of ether oxygens (including phenoxy) is 1. The van der Waals surface area contributed by atoms with Crippen molar-refractivity contribution in [1.29, 1.82) is 0 Å². The van der Waals surface area contributed by atoms with Gasteiger partial charge in [0.15, 0.2) is 11.0 Å².